The number of carbonyl (C=O) groups excluding carboxylic acids is 1. The van der Waals surface area contributed by atoms with E-state index in [-0.39, 0.29) is 5.91 Å². The molecule has 0 saturated heterocycles. The first-order valence-electron chi connectivity index (χ1n) is 10.5. The molecule has 0 fully saturated rings. The van der Waals surface area contributed by atoms with Gasteiger partial charge in [-0.3, -0.25) is 4.79 Å². The van der Waals surface area contributed by atoms with E-state index in [1.807, 2.05) is 41.3 Å². The van der Waals surface area contributed by atoms with Crippen LogP contribution < -0.4 is 0 Å². The molecule has 0 saturated carbocycles. The average Bonchev–Trinajstić information content (AvgIpc) is 3.36. The number of aromatic nitrogens is 1. The van der Waals surface area contributed by atoms with E-state index in [9.17, 15) is 4.79 Å². The van der Waals surface area contributed by atoms with Gasteiger partial charge in [0.1, 0.15) is 5.01 Å². The lowest BCUT2D eigenvalue weighted by Gasteiger charge is -2.34. The molecule has 1 aromatic heterocycles. The van der Waals surface area contributed by atoms with Crippen molar-refractivity contribution in [2.75, 3.05) is 6.54 Å². The maximum absolute atomic E-state index is 13.6. The number of carbonyl (C=O) groups is 1. The van der Waals surface area contributed by atoms with Gasteiger partial charge in [0.25, 0.3) is 5.91 Å². The monoisotopic (exact) mass is 424 g/mol. The number of rotatable bonds is 4. The van der Waals surface area contributed by atoms with Gasteiger partial charge in [-0.05, 0) is 55.2 Å². The predicted molar refractivity (Wildman–Crippen MR) is 129 cm³/mol. The summed E-state index contributed by atoms with van der Waals surface area (Å²) in [6.07, 6.45) is 0. The lowest BCUT2D eigenvalue weighted by Crippen LogP contribution is -2.43. The van der Waals surface area contributed by atoms with Crippen molar-refractivity contribution < 1.29 is 4.79 Å². The van der Waals surface area contributed by atoms with Crippen LogP contribution in [0, 0.1) is 0 Å². The highest BCUT2D eigenvalue weighted by molar-refractivity contribution is 7.18. The topological polar surface area (TPSA) is 33.2 Å². The van der Waals surface area contributed by atoms with Crippen LogP contribution in [0.3, 0.4) is 0 Å². The number of nitrogens with zero attached hydrogens (tertiary/aromatic N) is 2. The van der Waals surface area contributed by atoms with E-state index >= 15 is 0 Å². The highest BCUT2D eigenvalue weighted by atomic mass is 32.1. The van der Waals surface area contributed by atoms with Crippen molar-refractivity contribution in [2.24, 2.45) is 0 Å². The Morgan fingerprint density at radius 3 is 2.16 bits per heavy atom. The normalized spacial score (nSPS) is 14.7. The lowest BCUT2D eigenvalue weighted by molar-refractivity contribution is -0.128. The molecule has 154 valence electrons. The third-order valence-corrected chi connectivity index (χ3v) is 7.40. The molecule has 2 heterocycles. The zero-order valence-electron chi connectivity index (χ0n) is 17.9. The van der Waals surface area contributed by atoms with Crippen LogP contribution >= 0.6 is 11.3 Å². The highest BCUT2D eigenvalue weighted by Gasteiger charge is 2.41. The van der Waals surface area contributed by atoms with Gasteiger partial charge in [0.05, 0.1) is 15.8 Å². The van der Waals surface area contributed by atoms with Gasteiger partial charge in [-0.2, -0.15) is 0 Å². The van der Waals surface area contributed by atoms with Gasteiger partial charge in [0, 0.05) is 12.1 Å². The van der Waals surface area contributed by atoms with Crippen LogP contribution in [-0.2, 0) is 10.3 Å². The smallest absolute Gasteiger partial charge is 0.255 e. The van der Waals surface area contributed by atoms with Gasteiger partial charge >= 0.3 is 0 Å². The molecule has 0 spiro atoms. The Labute approximate surface area is 186 Å². The molecule has 0 atom stereocenters. The van der Waals surface area contributed by atoms with E-state index in [4.69, 9.17) is 4.98 Å². The molecule has 1 aliphatic heterocycles. The summed E-state index contributed by atoms with van der Waals surface area (Å²) in [5.41, 5.74) is 5.73. The summed E-state index contributed by atoms with van der Waals surface area (Å²) in [5, 5.41) is 0.968. The van der Waals surface area contributed by atoms with Crippen molar-refractivity contribution in [2.45, 2.75) is 26.3 Å². The summed E-state index contributed by atoms with van der Waals surface area (Å²) in [7, 11) is 0. The molecule has 0 aliphatic carbocycles. The van der Waals surface area contributed by atoms with Crippen molar-refractivity contribution in [3.63, 3.8) is 0 Å². The molecule has 1 aliphatic rings. The summed E-state index contributed by atoms with van der Waals surface area (Å²) < 4.78 is 1.15. The second-order valence-corrected chi connectivity index (χ2v) is 9.57. The van der Waals surface area contributed by atoms with Crippen LogP contribution in [0.5, 0.6) is 0 Å². The van der Waals surface area contributed by atoms with Gasteiger partial charge in [0.2, 0.25) is 0 Å². The van der Waals surface area contributed by atoms with Crippen molar-refractivity contribution in [1.29, 1.82) is 0 Å². The van der Waals surface area contributed by atoms with Crippen LogP contribution in [0.15, 0.2) is 84.4 Å². The molecule has 31 heavy (non-hydrogen) atoms. The zero-order valence-corrected chi connectivity index (χ0v) is 18.7. The summed E-state index contributed by atoms with van der Waals surface area (Å²) >= 11 is 1.67. The molecule has 1 amide bonds. The Bertz CT molecular complexity index is 1270. The minimum atomic E-state index is -0.478. The zero-order chi connectivity index (χ0) is 21.6. The van der Waals surface area contributed by atoms with E-state index in [1.54, 1.807) is 11.3 Å². The number of amides is 1. The number of hydrogen-bond acceptors (Lipinski definition) is 3. The largest absolute Gasteiger partial charge is 0.323 e. The third-order valence-electron chi connectivity index (χ3n) is 6.05. The molecule has 3 nitrogen and oxygen atoms in total. The van der Waals surface area contributed by atoms with E-state index in [2.05, 4.69) is 63.2 Å². The molecule has 4 aromatic rings. The maximum atomic E-state index is 13.6. The standard InChI is InChI=1S/C27H24N2OS/c1-18-17-29(27(2,3)26-28-22-11-7-8-12-23(22)31-26)25(30)24(18)21-15-13-20(14-16-21)19-9-5-4-6-10-19/h4-16H,17H2,1-3H3. The van der Waals surface area contributed by atoms with E-state index in [1.165, 1.54) is 5.56 Å². The predicted octanol–water partition coefficient (Wildman–Crippen LogP) is 6.51. The van der Waals surface area contributed by atoms with E-state index in [0.717, 1.165) is 37.5 Å². The Morgan fingerprint density at radius 2 is 1.45 bits per heavy atom. The maximum Gasteiger partial charge on any atom is 0.255 e. The second-order valence-electron chi connectivity index (χ2n) is 8.54. The average molecular weight is 425 g/mol. The van der Waals surface area contributed by atoms with Crippen LogP contribution in [0.25, 0.3) is 26.9 Å². The Hall–Kier alpha value is -3.24. The van der Waals surface area contributed by atoms with Gasteiger partial charge in [-0.25, -0.2) is 4.98 Å². The quantitative estimate of drug-likeness (QED) is 0.374. The van der Waals surface area contributed by atoms with Crippen LogP contribution in [0.1, 0.15) is 31.3 Å². The summed E-state index contributed by atoms with van der Waals surface area (Å²) in [6, 6.07) is 26.8. The molecule has 0 unspecified atom stereocenters. The first kappa shape index (κ1) is 19.7. The number of para-hydroxylation sites is 1. The number of fused-ring (bicyclic) bond motifs is 1. The lowest BCUT2D eigenvalue weighted by atomic mass is 9.98. The molecule has 0 N–H and O–H groups in total. The van der Waals surface area contributed by atoms with Crippen molar-refractivity contribution in [3.05, 3.63) is 95.0 Å². The fourth-order valence-corrected chi connectivity index (χ4v) is 5.31. The summed E-state index contributed by atoms with van der Waals surface area (Å²) in [4.78, 5) is 20.3. The van der Waals surface area contributed by atoms with E-state index < -0.39 is 5.54 Å². The van der Waals surface area contributed by atoms with Crippen LogP contribution in [-0.4, -0.2) is 22.3 Å². The first-order chi connectivity index (χ1) is 14.9. The summed E-state index contributed by atoms with van der Waals surface area (Å²) in [6.45, 7) is 6.87. The molecule has 4 heteroatoms. The second kappa shape index (κ2) is 7.47. The molecule has 0 bridgehead atoms. The van der Waals surface area contributed by atoms with Gasteiger partial charge < -0.3 is 4.90 Å². The van der Waals surface area contributed by atoms with Gasteiger partial charge in [0.15, 0.2) is 0 Å². The first-order valence-corrected chi connectivity index (χ1v) is 11.3. The van der Waals surface area contributed by atoms with Crippen molar-refractivity contribution in [3.8, 4) is 11.1 Å². The Kier molecular flexibility index (Phi) is 4.75. The fourth-order valence-electron chi connectivity index (χ4n) is 4.24. The van der Waals surface area contributed by atoms with Crippen LogP contribution in [0.4, 0.5) is 0 Å². The minimum Gasteiger partial charge on any atom is -0.323 e. The molecule has 5 rings (SSSR count). The molecular weight excluding hydrogens is 400 g/mol. The highest BCUT2D eigenvalue weighted by Crippen LogP contribution is 2.40. The Balaban J connectivity index is 1.44. The Morgan fingerprint density at radius 1 is 0.839 bits per heavy atom. The number of benzene rings is 3. The fraction of sp³-hybridized carbons (Fsp3) is 0.185. The van der Waals surface area contributed by atoms with Crippen LogP contribution in [0.2, 0.25) is 0 Å². The van der Waals surface area contributed by atoms with Gasteiger partial charge in [-0.1, -0.05) is 66.7 Å². The molecular formula is C27H24N2OS. The van der Waals surface area contributed by atoms with Crippen molar-refractivity contribution in [1.82, 2.24) is 9.88 Å². The number of hydrogen-bond donors (Lipinski definition) is 0. The van der Waals surface area contributed by atoms with Crippen molar-refractivity contribution >= 4 is 33.0 Å². The SMILES string of the molecule is CC1=C(c2ccc(-c3ccccc3)cc2)C(=O)N(C(C)(C)c2nc3ccccc3s2)C1. The minimum absolute atomic E-state index is 0.0780. The molecule has 3 aromatic carbocycles. The van der Waals surface area contributed by atoms with E-state index in [0.29, 0.717) is 6.54 Å². The number of thiazole rings is 1. The van der Waals surface area contributed by atoms with Gasteiger partial charge in [-0.15, -0.1) is 11.3 Å². The molecule has 0 radical (unpaired) electrons. The summed E-state index contributed by atoms with van der Waals surface area (Å²) in [5.74, 6) is 0.0780. The third kappa shape index (κ3) is 3.37.